The quantitative estimate of drug-likeness (QED) is 0.148. The highest BCUT2D eigenvalue weighted by molar-refractivity contribution is 7.26. The molecule has 0 spiro atoms. The van der Waals surface area contributed by atoms with Crippen LogP contribution in [0.2, 0.25) is 0 Å². The molecule has 0 fully saturated rings. The molecule has 0 aliphatic rings. The third kappa shape index (κ3) is 6.44. The standard InChI is InChI=1S/C58H39NS/c1-3-16-44(17-4-1)49-21-9-10-22-51(49)57-50(45-18-5-2-6-19-45)24-13-25-53(57)59(54-26-14-28-56-58(54)52-23-11-12-27-55(52)60-56)48-37-35-42(36-38-48)41-29-31-43(32-30-41)47-34-33-40-15-7-8-20-46(40)39-47/h1-39H. The summed E-state index contributed by atoms with van der Waals surface area (Å²) in [5, 5.41) is 5.05. The minimum absolute atomic E-state index is 1.10. The van der Waals surface area contributed by atoms with E-state index in [1.807, 2.05) is 11.3 Å². The van der Waals surface area contributed by atoms with Gasteiger partial charge in [-0.2, -0.15) is 0 Å². The highest BCUT2D eigenvalue weighted by Crippen LogP contribution is 2.51. The van der Waals surface area contributed by atoms with Crippen LogP contribution in [0.5, 0.6) is 0 Å². The first kappa shape index (κ1) is 35.6. The second-order valence-electron chi connectivity index (χ2n) is 15.2. The van der Waals surface area contributed by atoms with Gasteiger partial charge in [-0.3, -0.25) is 0 Å². The summed E-state index contributed by atoms with van der Waals surface area (Å²) in [7, 11) is 0. The van der Waals surface area contributed by atoms with Gasteiger partial charge in [0.25, 0.3) is 0 Å². The predicted octanol–water partition coefficient (Wildman–Crippen LogP) is 17.0. The summed E-state index contributed by atoms with van der Waals surface area (Å²) in [6.45, 7) is 0. The molecule has 10 aromatic carbocycles. The molecule has 1 aromatic heterocycles. The zero-order valence-corrected chi connectivity index (χ0v) is 33.7. The van der Waals surface area contributed by atoms with Crippen molar-refractivity contribution in [2.45, 2.75) is 0 Å². The second-order valence-corrected chi connectivity index (χ2v) is 16.3. The molecule has 0 unspecified atom stereocenters. The highest BCUT2D eigenvalue weighted by atomic mass is 32.1. The minimum atomic E-state index is 1.10. The number of hydrogen-bond donors (Lipinski definition) is 0. The van der Waals surface area contributed by atoms with Crippen LogP contribution in [0.4, 0.5) is 17.1 Å². The molecule has 1 nitrogen and oxygen atoms in total. The number of thiophene rings is 1. The molecule has 0 saturated carbocycles. The van der Waals surface area contributed by atoms with E-state index < -0.39 is 0 Å². The van der Waals surface area contributed by atoms with Gasteiger partial charge in [0, 0.05) is 31.4 Å². The van der Waals surface area contributed by atoms with E-state index >= 15 is 0 Å². The first-order valence-electron chi connectivity index (χ1n) is 20.5. The van der Waals surface area contributed by atoms with E-state index in [1.54, 1.807) is 0 Å². The van der Waals surface area contributed by atoms with Crippen molar-refractivity contribution in [3.63, 3.8) is 0 Å². The molecule has 0 bridgehead atoms. The monoisotopic (exact) mass is 781 g/mol. The van der Waals surface area contributed by atoms with Crippen LogP contribution in [0.1, 0.15) is 0 Å². The Labute approximate surface area is 354 Å². The summed E-state index contributed by atoms with van der Waals surface area (Å²) in [5.41, 5.74) is 15.3. The van der Waals surface area contributed by atoms with Crippen LogP contribution >= 0.6 is 11.3 Å². The number of nitrogens with zero attached hydrogens (tertiary/aromatic N) is 1. The van der Waals surface area contributed by atoms with Gasteiger partial charge >= 0.3 is 0 Å². The largest absolute Gasteiger partial charge is 0.309 e. The van der Waals surface area contributed by atoms with Gasteiger partial charge in [0.05, 0.1) is 11.4 Å². The number of anilines is 3. The number of benzene rings is 10. The van der Waals surface area contributed by atoms with E-state index in [0.717, 1.165) is 17.1 Å². The van der Waals surface area contributed by atoms with Gasteiger partial charge in [-0.05, 0) is 103 Å². The molecule has 0 radical (unpaired) electrons. The summed E-state index contributed by atoms with van der Waals surface area (Å²) in [4.78, 5) is 2.50. The van der Waals surface area contributed by atoms with Gasteiger partial charge in [-0.25, -0.2) is 0 Å². The molecule has 11 rings (SSSR count). The molecule has 0 saturated heterocycles. The molecule has 0 aliphatic carbocycles. The zero-order valence-electron chi connectivity index (χ0n) is 32.9. The van der Waals surface area contributed by atoms with Crippen LogP contribution in [0.3, 0.4) is 0 Å². The molecule has 0 amide bonds. The molecular weight excluding hydrogens is 743 g/mol. The van der Waals surface area contributed by atoms with Crippen LogP contribution in [-0.4, -0.2) is 0 Å². The maximum Gasteiger partial charge on any atom is 0.0555 e. The molecule has 11 aromatic rings. The van der Waals surface area contributed by atoms with Crippen LogP contribution in [0, 0.1) is 0 Å². The van der Waals surface area contributed by atoms with Gasteiger partial charge in [0.1, 0.15) is 0 Å². The van der Waals surface area contributed by atoms with Crippen LogP contribution in [0.15, 0.2) is 237 Å². The van der Waals surface area contributed by atoms with Gasteiger partial charge in [-0.1, -0.05) is 194 Å². The summed E-state index contributed by atoms with van der Waals surface area (Å²) >= 11 is 1.86. The fourth-order valence-electron chi connectivity index (χ4n) is 8.82. The van der Waals surface area contributed by atoms with E-state index in [4.69, 9.17) is 0 Å². The summed E-state index contributed by atoms with van der Waals surface area (Å²) in [6, 6.07) is 86.2. The molecule has 0 N–H and O–H groups in total. The average molecular weight is 782 g/mol. The lowest BCUT2D eigenvalue weighted by atomic mass is 9.87. The minimum Gasteiger partial charge on any atom is -0.309 e. The fourth-order valence-corrected chi connectivity index (χ4v) is 9.94. The number of rotatable bonds is 8. The van der Waals surface area contributed by atoms with Gasteiger partial charge < -0.3 is 4.90 Å². The van der Waals surface area contributed by atoms with Gasteiger partial charge in [0.15, 0.2) is 0 Å². The van der Waals surface area contributed by atoms with E-state index in [1.165, 1.54) is 86.6 Å². The normalized spacial score (nSPS) is 11.3. The maximum absolute atomic E-state index is 2.50. The first-order chi connectivity index (χ1) is 29.8. The molecular formula is C58H39NS. The van der Waals surface area contributed by atoms with Crippen LogP contribution in [-0.2, 0) is 0 Å². The predicted molar refractivity (Wildman–Crippen MR) is 259 cm³/mol. The average Bonchev–Trinajstić information content (AvgIpc) is 3.72. The second kappa shape index (κ2) is 15.3. The molecule has 0 atom stereocenters. The van der Waals surface area contributed by atoms with Crippen LogP contribution in [0.25, 0.3) is 86.6 Å². The van der Waals surface area contributed by atoms with Crippen molar-refractivity contribution in [3.8, 4) is 55.6 Å². The highest BCUT2D eigenvalue weighted by Gasteiger charge is 2.25. The summed E-state index contributed by atoms with van der Waals surface area (Å²) in [6.07, 6.45) is 0. The third-order valence-corrected chi connectivity index (χ3v) is 12.8. The lowest BCUT2D eigenvalue weighted by Crippen LogP contribution is -2.12. The Morgan fingerprint density at radius 2 is 0.817 bits per heavy atom. The SMILES string of the molecule is c1ccc(-c2ccccc2-c2c(-c3ccccc3)cccc2N(c2ccc(-c3ccc(-c4ccc5ccccc5c4)cc3)cc2)c2cccc3sc4ccccc4c23)cc1. The molecule has 60 heavy (non-hydrogen) atoms. The Kier molecular flexibility index (Phi) is 9.11. The van der Waals surface area contributed by atoms with E-state index in [9.17, 15) is 0 Å². The van der Waals surface area contributed by atoms with Gasteiger partial charge in [-0.15, -0.1) is 11.3 Å². The Balaban J connectivity index is 1.10. The Bertz CT molecular complexity index is 3290. The smallest absolute Gasteiger partial charge is 0.0555 e. The Morgan fingerprint density at radius 3 is 1.57 bits per heavy atom. The number of fused-ring (bicyclic) bond motifs is 4. The molecule has 2 heteroatoms. The summed E-state index contributed by atoms with van der Waals surface area (Å²) < 4.78 is 2.56. The number of hydrogen-bond acceptors (Lipinski definition) is 2. The Hall–Kier alpha value is -7.52. The first-order valence-corrected chi connectivity index (χ1v) is 21.3. The van der Waals surface area contributed by atoms with Crippen molar-refractivity contribution in [2.75, 3.05) is 4.90 Å². The third-order valence-electron chi connectivity index (χ3n) is 11.7. The van der Waals surface area contributed by atoms with Gasteiger partial charge in [0.2, 0.25) is 0 Å². The van der Waals surface area contributed by atoms with Crippen molar-refractivity contribution in [3.05, 3.63) is 237 Å². The molecule has 0 aliphatic heterocycles. The van der Waals surface area contributed by atoms with Crippen molar-refractivity contribution in [2.24, 2.45) is 0 Å². The van der Waals surface area contributed by atoms with E-state index in [2.05, 4.69) is 241 Å². The van der Waals surface area contributed by atoms with Crippen molar-refractivity contribution in [1.29, 1.82) is 0 Å². The molecule has 1 heterocycles. The van der Waals surface area contributed by atoms with E-state index in [0.29, 0.717) is 0 Å². The lowest BCUT2D eigenvalue weighted by Gasteiger charge is -2.30. The molecule has 282 valence electrons. The van der Waals surface area contributed by atoms with Crippen molar-refractivity contribution in [1.82, 2.24) is 0 Å². The fraction of sp³-hybridized carbons (Fsp3) is 0. The summed E-state index contributed by atoms with van der Waals surface area (Å²) in [5.74, 6) is 0. The van der Waals surface area contributed by atoms with Crippen LogP contribution < -0.4 is 4.90 Å². The van der Waals surface area contributed by atoms with Crippen molar-refractivity contribution >= 4 is 59.3 Å². The van der Waals surface area contributed by atoms with Crippen molar-refractivity contribution < 1.29 is 0 Å². The lowest BCUT2D eigenvalue weighted by molar-refractivity contribution is 1.30. The van der Waals surface area contributed by atoms with E-state index in [-0.39, 0.29) is 0 Å². The maximum atomic E-state index is 2.50. The topological polar surface area (TPSA) is 3.24 Å². The zero-order chi connectivity index (χ0) is 39.8. The Morgan fingerprint density at radius 1 is 0.300 bits per heavy atom.